The molecule has 1 saturated heterocycles. The lowest BCUT2D eigenvalue weighted by molar-refractivity contribution is 0.0668. The smallest absolute Gasteiger partial charge is 0.411 e. The molecule has 138 valence electrons. The molecule has 0 spiro atoms. The number of nitrogens with zero attached hydrogens (tertiary/aromatic N) is 1. The number of ether oxygens (including phenoxy) is 1. The fourth-order valence-electron chi connectivity index (χ4n) is 3.88. The average molecular weight is 344 g/mol. The van der Waals surface area contributed by atoms with Crippen molar-refractivity contribution in [3.05, 3.63) is 48.6 Å². The lowest BCUT2D eigenvalue weighted by Gasteiger charge is -2.34. The van der Waals surface area contributed by atoms with Gasteiger partial charge in [0.05, 0.1) is 6.04 Å². The van der Waals surface area contributed by atoms with E-state index in [9.17, 15) is 4.79 Å². The Hall–Kier alpha value is -1.77. The van der Waals surface area contributed by atoms with E-state index in [1.165, 1.54) is 25.7 Å². The largest absolute Gasteiger partial charge is 0.441 e. The fraction of sp³-hybridized carbons (Fsp3) is 0.591. The van der Waals surface area contributed by atoms with E-state index in [1.54, 1.807) is 0 Å². The first-order valence-corrected chi connectivity index (χ1v) is 9.68. The first-order valence-electron chi connectivity index (χ1n) is 9.68. The van der Waals surface area contributed by atoms with E-state index in [0.717, 1.165) is 24.8 Å². The van der Waals surface area contributed by atoms with Gasteiger partial charge in [-0.15, -0.1) is 6.58 Å². The molecule has 0 N–H and O–H groups in total. The third-order valence-electron chi connectivity index (χ3n) is 5.09. The van der Waals surface area contributed by atoms with Crippen molar-refractivity contribution in [2.24, 2.45) is 0 Å². The molecule has 0 radical (unpaired) electrons. The summed E-state index contributed by atoms with van der Waals surface area (Å²) in [5.41, 5.74) is 0.610. The third kappa shape index (κ3) is 4.87. The second-order valence-electron chi connectivity index (χ2n) is 7.57. The molecular weight excluding hydrogens is 310 g/mol. The number of rotatable bonds is 10. The Bertz CT molecular complexity index is 552. The molecule has 1 aromatic rings. The van der Waals surface area contributed by atoms with Crippen LogP contribution in [-0.2, 0) is 4.74 Å². The molecule has 0 bridgehead atoms. The normalized spacial score (nSPS) is 20.4. The number of hydrogen-bond acceptors (Lipinski definition) is 2. The van der Waals surface area contributed by atoms with E-state index in [-0.39, 0.29) is 18.2 Å². The predicted octanol–water partition coefficient (Wildman–Crippen LogP) is 6.26. The molecule has 25 heavy (non-hydrogen) atoms. The molecule has 1 fully saturated rings. The number of benzene rings is 1. The molecule has 0 saturated carbocycles. The van der Waals surface area contributed by atoms with Gasteiger partial charge in [0.1, 0.15) is 5.60 Å². The van der Waals surface area contributed by atoms with Crippen LogP contribution in [0.3, 0.4) is 0 Å². The summed E-state index contributed by atoms with van der Waals surface area (Å²) >= 11 is 0. The van der Waals surface area contributed by atoms with E-state index in [4.69, 9.17) is 4.74 Å². The molecular formula is C22H33NO2. The van der Waals surface area contributed by atoms with Crippen LogP contribution in [0.4, 0.5) is 4.79 Å². The first-order chi connectivity index (χ1) is 12.0. The van der Waals surface area contributed by atoms with Crippen molar-refractivity contribution in [3.63, 3.8) is 0 Å². The summed E-state index contributed by atoms with van der Waals surface area (Å²) in [7, 11) is 0. The number of amides is 1. The molecule has 3 nitrogen and oxygen atoms in total. The zero-order valence-corrected chi connectivity index (χ0v) is 16.0. The van der Waals surface area contributed by atoms with Gasteiger partial charge in [0.25, 0.3) is 0 Å². The second kappa shape index (κ2) is 9.07. The number of carbonyl (C=O) groups is 1. The molecule has 1 aliphatic heterocycles. The van der Waals surface area contributed by atoms with Crippen LogP contribution in [-0.4, -0.2) is 22.6 Å². The molecule has 1 aliphatic rings. The van der Waals surface area contributed by atoms with E-state index in [1.807, 2.05) is 43.0 Å². The highest BCUT2D eigenvalue weighted by Gasteiger charge is 2.50. The minimum Gasteiger partial charge on any atom is -0.441 e. The van der Waals surface area contributed by atoms with E-state index >= 15 is 0 Å². The molecule has 1 aromatic carbocycles. The minimum atomic E-state index is -0.528. The van der Waals surface area contributed by atoms with Crippen LogP contribution < -0.4 is 0 Å². The SMILES string of the molecule is C=CC[C@H](CCCCCCC)N1C(=O)OC(C)(C)[C@H]1c1ccccc1. The number of hydrogen-bond donors (Lipinski definition) is 0. The van der Waals surface area contributed by atoms with Crippen LogP contribution >= 0.6 is 0 Å². The highest BCUT2D eigenvalue weighted by Crippen LogP contribution is 2.43. The second-order valence-corrected chi connectivity index (χ2v) is 7.57. The Morgan fingerprint density at radius 2 is 1.88 bits per heavy atom. The quantitative estimate of drug-likeness (QED) is 0.370. The van der Waals surface area contributed by atoms with Crippen LogP contribution in [0, 0.1) is 0 Å². The van der Waals surface area contributed by atoms with Gasteiger partial charge in [-0.2, -0.15) is 0 Å². The monoisotopic (exact) mass is 343 g/mol. The van der Waals surface area contributed by atoms with Gasteiger partial charge in [0.15, 0.2) is 0 Å². The Morgan fingerprint density at radius 3 is 2.52 bits per heavy atom. The number of carbonyl (C=O) groups excluding carboxylic acids is 1. The summed E-state index contributed by atoms with van der Waals surface area (Å²) in [6.07, 6.45) is 9.73. The van der Waals surface area contributed by atoms with E-state index in [0.29, 0.717) is 0 Å². The maximum absolute atomic E-state index is 12.7. The van der Waals surface area contributed by atoms with Gasteiger partial charge in [-0.3, -0.25) is 4.90 Å². The zero-order chi connectivity index (χ0) is 18.3. The first kappa shape index (κ1) is 19.6. The van der Waals surface area contributed by atoms with Gasteiger partial charge in [0.2, 0.25) is 0 Å². The van der Waals surface area contributed by atoms with Crippen molar-refractivity contribution in [2.45, 2.75) is 83.4 Å². The van der Waals surface area contributed by atoms with Gasteiger partial charge in [-0.1, -0.05) is 75.4 Å². The van der Waals surface area contributed by atoms with Crippen molar-refractivity contribution in [3.8, 4) is 0 Å². The number of unbranched alkanes of at least 4 members (excludes halogenated alkanes) is 4. The van der Waals surface area contributed by atoms with Gasteiger partial charge in [-0.25, -0.2) is 4.79 Å². The molecule has 0 aromatic heterocycles. The van der Waals surface area contributed by atoms with E-state index in [2.05, 4.69) is 25.6 Å². The van der Waals surface area contributed by atoms with Crippen molar-refractivity contribution in [1.29, 1.82) is 0 Å². The lowest BCUT2D eigenvalue weighted by Crippen LogP contribution is -2.40. The van der Waals surface area contributed by atoms with Gasteiger partial charge in [-0.05, 0) is 32.3 Å². The third-order valence-corrected chi connectivity index (χ3v) is 5.09. The van der Waals surface area contributed by atoms with E-state index < -0.39 is 5.60 Å². The molecule has 3 heteroatoms. The highest BCUT2D eigenvalue weighted by molar-refractivity contribution is 5.72. The van der Waals surface area contributed by atoms with Gasteiger partial charge in [0, 0.05) is 6.04 Å². The molecule has 1 heterocycles. The predicted molar refractivity (Wildman–Crippen MR) is 104 cm³/mol. The van der Waals surface area contributed by atoms with Gasteiger partial charge < -0.3 is 4.74 Å². The Morgan fingerprint density at radius 1 is 1.20 bits per heavy atom. The average Bonchev–Trinajstić information content (AvgIpc) is 2.83. The number of cyclic esters (lactones) is 1. The van der Waals surface area contributed by atoms with Crippen molar-refractivity contribution in [2.75, 3.05) is 0 Å². The summed E-state index contributed by atoms with van der Waals surface area (Å²) < 4.78 is 5.75. The van der Waals surface area contributed by atoms with Crippen molar-refractivity contribution >= 4 is 6.09 Å². The van der Waals surface area contributed by atoms with Crippen LogP contribution in [0.5, 0.6) is 0 Å². The van der Waals surface area contributed by atoms with Crippen molar-refractivity contribution < 1.29 is 9.53 Å². The van der Waals surface area contributed by atoms with Crippen LogP contribution in [0.1, 0.15) is 77.3 Å². The molecule has 2 atom stereocenters. The Labute approximate surface area is 153 Å². The lowest BCUT2D eigenvalue weighted by atomic mass is 9.89. The van der Waals surface area contributed by atoms with Gasteiger partial charge >= 0.3 is 6.09 Å². The van der Waals surface area contributed by atoms with Crippen LogP contribution in [0.25, 0.3) is 0 Å². The summed E-state index contributed by atoms with van der Waals surface area (Å²) in [4.78, 5) is 14.7. The Balaban J connectivity index is 2.17. The minimum absolute atomic E-state index is 0.0539. The zero-order valence-electron chi connectivity index (χ0n) is 16.0. The maximum Gasteiger partial charge on any atom is 0.411 e. The van der Waals surface area contributed by atoms with Crippen LogP contribution in [0.2, 0.25) is 0 Å². The maximum atomic E-state index is 12.7. The fourth-order valence-corrected chi connectivity index (χ4v) is 3.88. The topological polar surface area (TPSA) is 29.5 Å². The molecule has 2 rings (SSSR count). The van der Waals surface area contributed by atoms with Crippen molar-refractivity contribution in [1.82, 2.24) is 4.90 Å². The molecule has 1 amide bonds. The Kier molecular flexibility index (Phi) is 7.10. The summed E-state index contributed by atoms with van der Waals surface area (Å²) in [6.45, 7) is 10.2. The summed E-state index contributed by atoms with van der Waals surface area (Å²) in [5, 5.41) is 0. The molecule has 0 aliphatic carbocycles. The van der Waals surface area contributed by atoms with Crippen LogP contribution in [0.15, 0.2) is 43.0 Å². The molecule has 0 unspecified atom stereocenters. The highest BCUT2D eigenvalue weighted by atomic mass is 16.6. The summed E-state index contributed by atoms with van der Waals surface area (Å²) in [5.74, 6) is 0. The standard InChI is InChI=1S/C22H33NO2/c1-5-7-8-9-13-17-19(14-6-2)23-20(18-15-11-10-12-16-18)22(3,4)25-21(23)24/h6,10-12,15-16,19-20H,2,5,7-9,13-14,17H2,1,3-4H3/t19-,20-/m1/s1. The summed E-state index contributed by atoms with van der Waals surface area (Å²) in [6, 6.07) is 10.3.